The Kier molecular flexibility index (Phi) is 5.05. The summed E-state index contributed by atoms with van der Waals surface area (Å²) in [5, 5.41) is 8.89. The molecular formula is C11H21NO3. The van der Waals surface area contributed by atoms with Crippen LogP contribution in [0.15, 0.2) is 0 Å². The van der Waals surface area contributed by atoms with E-state index < -0.39 is 0 Å². The first-order chi connectivity index (χ1) is 7.20. The van der Waals surface area contributed by atoms with E-state index in [1.54, 1.807) is 4.90 Å². The van der Waals surface area contributed by atoms with Crippen LogP contribution in [-0.4, -0.2) is 48.3 Å². The lowest BCUT2D eigenvalue weighted by Gasteiger charge is -2.25. The van der Waals surface area contributed by atoms with Gasteiger partial charge in [0.15, 0.2) is 0 Å². The fourth-order valence-electron chi connectivity index (χ4n) is 1.91. The van der Waals surface area contributed by atoms with Gasteiger partial charge in [-0.05, 0) is 18.8 Å². The molecule has 0 spiro atoms. The topological polar surface area (TPSA) is 49.8 Å². The Labute approximate surface area is 91.2 Å². The maximum absolute atomic E-state index is 12.0. The largest absolute Gasteiger partial charge is 0.395 e. The summed E-state index contributed by atoms with van der Waals surface area (Å²) in [5.74, 6) is 0.339. The molecule has 0 saturated carbocycles. The van der Waals surface area contributed by atoms with E-state index in [0.29, 0.717) is 25.6 Å². The number of aliphatic hydroxyl groups is 1. The Bertz CT molecular complexity index is 202. The normalized spacial score (nSPS) is 25.5. The molecule has 1 amide bonds. The maximum Gasteiger partial charge on any atom is 0.252 e. The van der Waals surface area contributed by atoms with Crippen molar-refractivity contribution in [2.24, 2.45) is 5.92 Å². The van der Waals surface area contributed by atoms with Gasteiger partial charge in [0.05, 0.1) is 6.61 Å². The van der Waals surface area contributed by atoms with Crippen LogP contribution in [0.2, 0.25) is 0 Å². The first-order valence-corrected chi connectivity index (χ1v) is 5.72. The molecule has 88 valence electrons. The van der Waals surface area contributed by atoms with E-state index in [1.807, 2.05) is 13.8 Å². The Morgan fingerprint density at radius 1 is 1.53 bits per heavy atom. The molecule has 0 aromatic heterocycles. The molecule has 2 atom stereocenters. The van der Waals surface area contributed by atoms with Crippen molar-refractivity contribution in [3.05, 3.63) is 0 Å². The van der Waals surface area contributed by atoms with Gasteiger partial charge in [0.1, 0.15) is 6.10 Å². The molecule has 1 aliphatic rings. The monoisotopic (exact) mass is 215 g/mol. The Morgan fingerprint density at radius 2 is 2.27 bits per heavy atom. The standard InChI is InChI=1S/C11H21NO3/c1-3-5-12(6-7-13)11(14)10-9(2)4-8-15-10/h9-10,13H,3-8H2,1-2H3. The van der Waals surface area contributed by atoms with Crippen molar-refractivity contribution in [1.82, 2.24) is 4.90 Å². The van der Waals surface area contributed by atoms with Gasteiger partial charge in [-0.15, -0.1) is 0 Å². The van der Waals surface area contributed by atoms with Crippen LogP contribution >= 0.6 is 0 Å². The minimum atomic E-state index is -0.289. The van der Waals surface area contributed by atoms with Crippen LogP contribution in [0.25, 0.3) is 0 Å². The summed E-state index contributed by atoms with van der Waals surface area (Å²) in [6, 6.07) is 0. The van der Waals surface area contributed by atoms with E-state index in [-0.39, 0.29) is 18.6 Å². The summed E-state index contributed by atoms with van der Waals surface area (Å²) in [6.07, 6.45) is 1.57. The van der Waals surface area contributed by atoms with Gasteiger partial charge in [0, 0.05) is 19.7 Å². The quantitative estimate of drug-likeness (QED) is 0.732. The zero-order valence-electron chi connectivity index (χ0n) is 9.61. The summed E-state index contributed by atoms with van der Waals surface area (Å²) >= 11 is 0. The van der Waals surface area contributed by atoms with Gasteiger partial charge in [0.25, 0.3) is 5.91 Å². The molecule has 0 bridgehead atoms. The van der Waals surface area contributed by atoms with Crippen molar-refractivity contribution in [1.29, 1.82) is 0 Å². The summed E-state index contributed by atoms with van der Waals surface area (Å²) in [7, 11) is 0. The lowest BCUT2D eigenvalue weighted by molar-refractivity contribution is -0.143. The van der Waals surface area contributed by atoms with Gasteiger partial charge in [-0.3, -0.25) is 4.79 Å². The SMILES string of the molecule is CCCN(CCO)C(=O)C1OCCC1C. The van der Waals surface area contributed by atoms with Crippen LogP contribution < -0.4 is 0 Å². The van der Waals surface area contributed by atoms with Crippen LogP contribution in [0.5, 0.6) is 0 Å². The summed E-state index contributed by atoms with van der Waals surface area (Å²) in [4.78, 5) is 13.7. The summed E-state index contributed by atoms with van der Waals surface area (Å²) < 4.78 is 5.43. The average Bonchev–Trinajstić information content (AvgIpc) is 2.63. The van der Waals surface area contributed by atoms with Crippen molar-refractivity contribution in [2.75, 3.05) is 26.3 Å². The highest BCUT2D eigenvalue weighted by atomic mass is 16.5. The number of hydrogen-bond acceptors (Lipinski definition) is 3. The highest BCUT2D eigenvalue weighted by Crippen LogP contribution is 2.21. The molecular weight excluding hydrogens is 194 g/mol. The highest BCUT2D eigenvalue weighted by molar-refractivity contribution is 5.81. The predicted molar refractivity (Wildman–Crippen MR) is 57.5 cm³/mol. The van der Waals surface area contributed by atoms with Crippen LogP contribution in [0.1, 0.15) is 26.7 Å². The van der Waals surface area contributed by atoms with E-state index in [2.05, 4.69) is 0 Å². The highest BCUT2D eigenvalue weighted by Gasteiger charge is 2.33. The van der Waals surface area contributed by atoms with Gasteiger partial charge in [-0.2, -0.15) is 0 Å². The molecule has 2 unspecified atom stereocenters. The second-order valence-electron chi connectivity index (χ2n) is 4.11. The predicted octanol–water partition coefficient (Wildman–Crippen LogP) is 0.642. The average molecular weight is 215 g/mol. The van der Waals surface area contributed by atoms with E-state index >= 15 is 0 Å². The number of carbonyl (C=O) groups is 1. The smallest absolute Gasteiger partial charge is 0.252 e. The number of ether oxygens (including phenoxy) is 1. The van der Waals surface area contributed by atoms with E-state index in [4.69, 9.17) is 9.84 Å². The zero-order chi connectivity index (χ0) is 11.3. The minimum Gasteiger partial charge on any atom is -0.395 e. The molecule has 1 aliphatic heterocycles. The molecule has 1 N–H and O–H groups in total. The molecule has 15 heavy (non-hydrogen) atoms. The first-order valence-electron chi connectivity index (χ1n) is 5.72. The molecule has 1 heterocycles. The van der Waals surface area contributed by atoms with Crippen molar-refractivity contribution in [2.45, 2.75) is 32.8 Å². The molecule has 0 radical (unpaired) electrons. The van der Waals surface area contributed by atoms with Crippen molar-refractivity contribution < 1.29 is 14.6 Å². The Hall–Kier alpha value is -0.610. The lowest BCUT2D eigenvalue weighted by Crippen LogP contribution is -2.43. The van der Waals surface area contributed by atoms with Crippen LogP contribution in [0.4, 0.5) is 0 Å². The van der Waals surface area contributed by atoms with Crippen molar-refractivity contribution >= 4 is 5.91 Å². The molecule has 1 rings (SSSR count). The van der Waals surface area contributed by atoms with Crippen LogP contribution in [-0.2, 0) is 9.53 Å². The lowest BCUT2D eigenvalue weighted by atomic mass is 10.0. The number of hydrogen-bond donors (Lipinski definition) is 1. The second kappa shape index (κ2) is 6.08. The second-order valence-corrected chi connectivity index (χ2v) is 4.11. The number of nitrogens with zero attached hydrogens (tertiary/aromatic N) is 1. The number of carbonyl (C=O) groups excluding carboxylic acids is 1. The fraction of sp³-hybridized carbons (Fsp3) is 0.909. The Morgan fingerprint density at radius 3 is 2.73 bits per heavy atom. The first kappa shape index (κ1) is 12.5. The van der Waals surface area contributed by atoms with E-state index in [1.165, 1.54) is 0 Å². The van der Waals surface area contributed by atoms with Crippen LogP contribution in [0, 0.1) is 5.92 Å². The van der Waals surface area contributed by atoms with Crippen molar-refractivity contribution in [3.8, 4) is 0 Å². The van der Waals surface area contributed by atoms with E-state index in [9.17, 15) is 4.79 Å². The Balaban J connectivity index is 2.54. The minimum absolute atomic E-state index is 0.0207. The third-order valence-electron chi connectivity index (χ3n) is 2.81. The van der Waals surface area contributed by atoms with E-state index in [0.717, 1.165) is 12.8 Å². The number of rotatable bonds is 5. The molecule has 4 nitrogen and oxygen atoms in total. The molecule has 4 heteroatoms. The third-order valence-corrected chi connectivity index (χ3v) is 2.81. The number of aliphatic hydroxyl groups excluding tert-OH is 1. The van der Waals surface area contributed by atoms with Gasteiger partial charge >= 0.3 is 0 Å². The van der Waals surface area contributed by atoms with Gasteiger partial charge < -0.3 is 14.7 Å². The fourth-order valence-corrected chi connectivity index (χ4v) is 1.91. The van der Waals surface area contributed by atoms with Gasteiger partial charge in [-0.1, -0.05) is 13.8 Å². The van der Waals surface area contributed by atoms with Crippen molar-refractivity contribution in [3.63, 3.8) is 0 Å². The maximum atomic E-state index is 12.0. The molecule has 1 fully saturated rings. The van der Waals surface area contributed by atoms with Gasteiger partial charge in [0.2, 0.25) is 0 Å². The van der Waals surface area contributed by atoms with Gasteiger partial charge in [-0.25, -0.2) is 0 Å². The molecule has 0 aliphatic carbocycles. The number of amides is 1. The molecule has 0 aromatic carbocycles. The summed E-state index contributed by atoms with van der Waals surface area (Å²) in [6.45, 7) is 5.88. The molecule has 0 aromatic rings. The van der Waals surface area contributed by atoms with Crippen LogP contribution in [0.3, 0.4) is 0 Å². The summed E-state index contributed by atoms with van der Waals surface area (Å²) in [5.41, 5.74) is 0. The molecule has 1 saturated heterocycles. The zero-order valence-corrected chi connectivity index (χ0v) is 9.61. The third kappa shape index (κ3) is 3.18.